The van der Waals surface area contributed by atoms with Gasteiger partial charge in [0.25, 0.3) is 11.6 Å². The Kier molecular flexibility index (Phi) is 6.36. The number of carbonyl (C=O) groups is 1. The highest BCUT2D eigenvalue weighted by Crippen LogP contribution is 2.31. The first-order chi connectivity index (χ1) is 15.0. The molecule has 2 aliphatic rings. The number of rotatable bonds is 5. The van der Waals surface area contributed by atoms with E-state index in [-0.39, 0.29) is 16.5 Å². The summed E-state index contributed by atoms with van der Waals surface area (Å²) < 4.78 is 0. The van der Waals surface area contributed by atoms with Crippen LogP contribution in [0.1, 0.15) is 35.2 Å². The van der Waals surface area contributed by atoms with Crippen LogP contribution in [0.15, 0.2) is 42.5 Å². The molecule has 2 saturated heterocycles. The average Bonchev–Trinajstić information content (AvgIpc) is 2.80. The molecule has 8 heteroatoms. The largest absolute Gasteiger partial charge is 0.369 e. The van der Waals surface area contributed by atoms with E-state index in [1.807, 2.05) is 9.91 Å². The summed E-state index contributed by atoms with van der Waals surface area (Å²) in [6.07, 6.45) is 3.23. The number of hydrazine groups is 1. The highest BCUT2D eigenvalue weighted by molar-refractivity contribution is 5.95. The molecule has 2 aromatic carbocycles. The number of nitrogens with one attached hydrogen (secondary N) is 1. The second-order valence-electron chi connectivity index (χ2n) is 8.26. The molecule has 2 heterocycles. The Labute approximate surface area is 182 Å². The number of carbonyl (C=O) groups excluding carboxylic acids is 1. The molecule has 1 amide bonds. The van der Waals surface area contributed by atoms with Crippen molar-refractivity contribution in [1.29, 1.82) is 0 Å². The van der Waals surface area contributed by atoms with Crippen molar-refractivity contribution in [3.05, 3.63) is 63.7 Å². The highest BCUT2D eigenvalue weighted by Gasteiger charge is 2.24. The Hall–Kier alpha value is -3.13. The van der Waals surface area contributed by atoms with Crippen molar-refractivity contribution >= 4 is 23.0 Å². The summed E-state index contributed by atoms with van der Waals surface area (Å²) in [7, 11) is 0. The van der Waals surface area contributed by atoms with E-state index in [1.54, 1.807) is 12.1 Å². The summed E-state index contributed by atoms with van der Waals surface area (Å²) in [5.41, 5.74) is 6.24. The van der Waals surface area contributed by atoms with Gasteiger partial charge in [-0.15, -0.1) is 0 Å². The number of hydrogen-bond acceptors (Lipinski definition) is 6. The number of anilines is 2. The second-order valence-corrected chi connectivity index (χ2v) is 8.26. The first-order valence-electron chi connectivity index (χ1n) is 10.9. The SMILES string of the molecule is Cc1ccc(N2CCN(NC(=O)c3ccc(N4CCCCC4)c([N+](=O)[O-])c3)CC2)cc1. The first kappa shape index (κ1) is 21.1. The van der Waals surface area contributed by atoms with Gasteiger partial charge in [0.2, 0.25) is 0 Å². The van der Waals surface area contributed by atoms with Gasteiger partial charge in [-0.05, 0) is 50.5 Å². The zero-order valence-corrected chi connectivity index (χ0v) is 17.9. The van der Waals surface area contributed by atoms with Gasteiger partial charge in [-0.2, -0.15) is 0 Å². The molecule has 0 aliphatic carbocycles. The predicted octanol–water partition coefficient (Wildman–Crippen LogP) is 3.36. The minimum Gasteiger partial charge on any atom is -0.369 e. The van der Waals surface area contributed by atoms with E-state index in [9.17, 15) is 14.9 Å². The van der Waals surface area contributed by atoms with Crippen molar-refractivity contribution in [3.8, 4) is 0 Å². The first-order valence-corrected chi connectivity index (χ1v) is 10.9. The van der Waals surface area contributed by atoms with Gasteiger partial charge >= 0.3 is 0 Å². The van der Waals surface area contributed by atoms with E-state index in [0.717, 1.165) is 45.4 Å². The van der Waals surface area contributed by atoms with Crippen molar-refractivity contribution < 1.29 is 9.72 Å². The minimum atomic E-state index is -0.388. The van der Waals surface area contributed by atoms with Crippen LogP contribution in [0.2, 0.25) is 0 Å². The summed E-state index contributed by atoms with van der Waals surface area (Å²) in [5, 5.41) is 13.5. The lowest BCUT2D eigenvalue weighted by Crippen LogP contribution is -2.53. The lowest BCUT2D eigenvalue weighted by atomic mass is 10.1. The molecule has 1 N–H and O–H groups in total. The maximum Gasteiger partial charge on any atom is 0.293 e. The fourth-order valence-corrected chi connectivity index (χ4v) is 4.25. The smallest absolute Gasteiger partial charge is 0.293 e. The molecule has 31 heavy (non-hydrogen) atoms. The minimum absolute atomic E-state index is 0.00117. The van der Waals surface area contributed by atoms with Crippen molar-refractivity contribution in [2.45, 2.75) is 26.2 Å². The lowest BCUT2D eigenvalue weighted by Gasteiger charge is -2.36. The van der Waals surface area contributed by atoms with E-state index in [0.29, 0.717) is 24.3 Å². The van der Waals surface area contributed by atoms with Crippen LogP contribution in [0.5, 0.6) is 0 Å². The summed E-state index contributed by atoms with van der Waals surface area (Å²) >= 11 is 0. The Balaban J connectivity index is 1.39. The van der Waals surface area contributed by atoms with Crippen LogP contribution >= 0.6 is 0 Å². The fourth-order valence-electron chi connectivity index (χ4n) is 4.25. The van der Waals surface area contributed by atoms with Crippen LogP contribution < -0.4 is 15.2 Å². The highest BCUT2D eigenvalue weighted by atomic mass is 16.6. The molecule has 8 nitrogen and oxygen atoms in total. The molecule has 0 spiro atoms. The van der Waals surface area contributed by atoms with Crippen molar-refractivity contribution in [2.24, 2.45) is 0 Å². The Bertz CT molecular complexity index is 933. The normalized spacial score (nSPS) is 17.5. The number of nitro groups is 1. The zero-order valence-electron chi connectivity index (χ0n) is 17.9. The van der Waals surface area contributed by atoms with Gasteiger partial charge in [0.1, 0.15) is 5.69 Å². The van der Waals surface area contributed by atoms with Gasteiger partial charge < -0.3 is 9.80 Å². The van der Waals surface area contributed by atoms with Gasteiger partial charge in [-0.1, -0.05) is 17.7 Å². The molecular weight excluding hydrogens is 394 g/mol. The number of piperidine rings is 1. The number of benzene rings is 2. The number of aryl methyl sites for hydroxylation is 1. The fraction of sp³-hybridized carbons (Fsp3) is 0.435. The molecule has 2 aromatic rings. The van der Waals surface area contributed by atoms with E-state index in [1.165, 1.54) is 17.3 Å². The topological polar surface area (TPSA) is 82.0 Å². The molecule has 164 valence electrons. The molecule has 0 radical (unpaired) electrons. The molecule has 2 aliphatic heterocycles. The Morgan fingerprint density at radius 2 is 1.58 bits per heavy atom. The van der Waals surface area contributed by atoms with Gasteiger partial charge in [-0.25, -0.2) is 5.01 Å². The molecule has 0 saturated carbocycles. The van der Waals surface area contributed by atoms with E-state index >= 15 is 0 Å². The number of nitro benzene ring substituents is 1. The average molecular weight is 424 g/mol. The number of hydrogen-bond donors (Lipinski definition) is 1. The summed E-state index contributed by atoms with van der Waals surface area (Å²) in [4.78, 5) is 28.4. The van der Waals surface area contributed by atoms with Crippen LogP contribution in [0, 0.1) is 17.0 Å². The van der Waals surface area contributed by atoms with Crippen LogP contribution in [-0.4, -0.2) is 55.1 Å². The number of amides is 1. The van der Waals surface area contributed by atoms with Gasteiger partial charge in [-0.3, -0.25) is 20.3 Å². The number of piperazine rings is 1. The Morgan fingerprint density at radius 3 is 2.23 bits per heavy atom. The van der Waals surface area contributed by atoms with Crippen molar-refractivity contribution in [3.63, 3.8) is 0 Å². The zero-order chi connectivity index (χ0) is 21.8. The summed E-state index contributed by atoms with van der Waals surface area (Å²) in [6, 6.07) is 13.2. The molecule has 2 fully saturated rings. The van der Waals surface area contributed by atoms with Gasteiger partial charge in [0.15, 0.2) is 0 Å². The second kappa shape index (κ2) is 9.34. The maximum atomic E-state index is 12.8. The van der Waals surface area contributed by atoms with Crippen molar-refractivity contribution in [2.75, 3.05) is 49.1 Å². The molecule has 0 bridgehead atoms. The summed E-state index contributed by atoms with van der Waals surface area (Å²) in [5.74, 6) is -0.308. The monoisotopic (exact) mass is 423 g/mol. The number of nitrogens with zero attached hydrogens (tertiary/aromatic N) is 4. The molecule has 4 rings (SSSR count). The lowest BCUT2D eigenvalue weighted by molar-refractivity contribution is -0.384. The van der Waals surface area contributed by atoms with Crippen LogP contribution in [0.4, 0.5) is 17.1 Å². The van der Waals surface area contributed by atoms with Gasteiger partial charge in [0, 0.05) is 56.6 Å². The van der Waals surface area contributed by atoms with Crippen LogP contribution in [0.3, 0.4) is 0 Å². The van der Waals surface area contributed by atoms with Crippen molar-refractivity contribution in [1.82, 2.24) is 10.4 Å². The third-order valence-corrected chi connectivity index (χ3v) is 6.07. The summed E-state index contributed by atoms with van der Waals surface area (Å²) in [6.45, 7) is 6.69. The van der Waals surface area contributed by atoms with E-state index < -0.39 is 0 Å². The maximum absolute atomic E-state index is 12.8. The van der Waals surface area contributed by atoms with Crippen LogP contribution in [0.25, 0.3) is 0 Å². The van der Waals surface area contributed by atoms with E-state index in [2.05, 4.69) is 41.5 Å². The molecule has 0 atom stereocenters. The Morgan fingerprint density at radius 1 is 0.903 bits per heavy atom. The quantitative estimate of drug-likeness (QED) is 0.587. The molecule has 0 unspecified atom stereocenters. The third kappa shape index (κ3) is 4.96. The third-order valence-electron chi connectivity index (χ3n) is 6.07. The van der Waals surface area contributed by atoms with E-state index in [4.69, 9.17) is 0 Å². The van der Waals surface area contributed by atoms with Gasteiger partial charge in [0.05, 0.1) is 4.92 Å². The molecular formula is C23H29N5O3. The standard InChI is InChI=1S/C23H29N5O3/c1-18-5-8-20(9-6-18)25-13-15-27(16-14-25)24-23(29)19-7-10-21(22(17-19)28(30)31)26-11-3-2-4-12-26/h5-10,17H,2-4,11-16H2,1H3,(H,24,29). The molecule has 0 aromatic heterocycles. The van der Waals surface area contributed by atoms with Crippen LogP contribution in [-0.2, 0) is 0 Å². The predicted molar refractivity (Wildman–Crippen MR) is 122 cm³/mol.